The molecule has 1 fully saturated rings. The van der Waals surface area contributed by atoms with E-state index in [1.807, 2.05) is 12.1 Å². The van der Waals surface area contributed by atoms with Crippen molar-refractivity contribution in [1.82, 2.24) is 4.90 Å². The normalized spacial score (nSPS) is 20.2. The number of hydrogen-bond acceptors (Lipinski definition) is 3. The SMILES string of the molecule is Cc1ccc(OCCN2CCCC2CCO)cc1. The quantitative estimate of drug-likeness (QED) is 0.839. The van der Waals surface area contributed by atoms with E-state index in [0.717, 1.165) is 31.9 Å². The molecule has 0 amide bonds. The molecular formula is C15H23NO2. The fourth-order valence-electron chi connectivity index (χ4n) is 2.58. The van der Waals surface area contributed by atoms with Crippen molar-refractivity contribution in [3.8, 4) is 5.75 Å². The lowest BCUT2D eigenvalue weighted by Crippen LogP contribution is -2.33. The molecule has 0 radical (unpaired) electrons. The maximum atomic E-state index is 9.02. The van der Waals surface area contributed by atoms with Gasteiger partial charge in [-0.15, -0.1) is 0 Å². The summed E-state index contributed by atoms with van der Waals surface area (Å²) in [7, 11) is 0. The van der Waals surface area contributed by atoms with E-state index in [1.165, 1.54) is 18.4 Å². The van der Waals surface area contributed by atoms with Crippen LogP contribution < -0.4 is 4.74 Å². The Hall–Kier alpha value is -1.06. The number of ether oxygens (including phenoxy) is 1. The second-order valence-corrected chi connectivity index (χ2v) is 5.01. The van der Waals surface area contributed by atoms with Gasteiger partial charge in [-0.1, -0.05) is 17.7 Å². The lowest BCUT2D eigenvalue weighted by Gasteiger charge is -2.23. The number of nitrogens with zero attached hydrogens (tertiary/aromatic N) is 1. The summed E-state index contributed by atoms with van der Waals surface area (Å²) in [6.07, 6.45) is 3.35. The highest BCUT2D eigenvalue weighted by molar-refractivity contribution is 5.26. The first-order valence-electron chi connectivity index (χ1n) is 6.84. The molecule has 1 saturated heterocycles. The number of benzene rings is 1. The van der Waals surface area contributed by atoms with E-state index in [-0.39, 0.29) is 0 Å². The molecule has 0 aliphatic carbocycles. The van der Waals surface area contributed by atoms with Gasteiger partial charge in [0.1, 0.15) is 12.4 Å². The molecule has 2 rings (SSSR count). The smallest absolute Gasteiger partial charge is 0.119 e. The summed E-state index contributed by atoms with van der Waals surface area (Å²) in [5.41, 5.74) is 1.25. The monoisotopic (exact) mass is 249 g/mol. The van der Waals surface area contributed by atoms with Crippen LogP contribution in [0.25, 0.3) is 0 Å². The average molecular weight is 249 g/mol. The van der Waals surface area contributed by atoms with Crippen molar-refractivity contribution in [3.63, 3.8) is 0 Å². The van der Waals surface area contributed by atoms with E-state index in [9.17, 15) is 0 Å². The largest absolute Gasteiger partial charge is 0.492 e. The summed E-state index contributed by atoms with van der Waals surface area (Å²) in [4.78, 5) is 2.43. The van der Waals surface area contributed by atoms with Crippen LogP contribution in [0.5, 0.6) is 5.75 Å². The van der Waals surface area contributed by atoms with Crippen molar-refractivity contribution in [3.05, 3.63) is 29.8 Å². The summed E-state index contributed by atoms with van der Waals surface area (Å²) in [6, 6.07) is 8.73. The molecule has 0 bridgehead atoms. The van der Waals surface area contributed by atoms with Gasteiger partial charge in [-0.3, -0.25) is 4.90 Å². The van der Waals surface area contributed by atoms with Gasteiger partial charge in [0.05, 0.1) is 0 Å². The highest BCUT2D eigenvalue weighted by Gasteiger charge is 2.23. The standard InChI is InChI=1S/C15H23NO2/c1-13-4-6-15(7-5-13)18-12-10-16-9-2-3-14(16)8-11-17/h4-7,14,17H,2-3,8-12H2,1H3. The zero-order valence-corrected chi connectivity index (χ0v) is 11.1. The topological polar surface area (TPSA) is 32.7 Å². The second-order valence-electron chi connectivity index (χ2n) is 5.01. The van der Waals surface area contributed by atoms with Gasteiger partial charge in [0.2, 0.25) is 0 Å². The van der Waals surface area contributed by atoms with Crippen LogP contribution in [-0.4, -0.2) is 42.4 Å². The van der Waals surface area contributed by atoms with Crippen LogP contribution >= 0.6 is 0 Å². The molecule has 0 saturated carbocycles. The molecular weight excluding hydrogens is 226 g/mol. The van der Waals surface area contributed by atoms with Gasteiger partial charge in [0.15, 0.2) is 0 Å². The molecule has 1 N–H and O–H groups in total. The van der Waals surface area contributed by atoms with E-state index in [1.54, 1.807) is 0 Å². The fraction of sp³-hybridized carbons (Fsp3) is 0.600. The molecule has 1 atom stereocenters. The van der Waals surface area contributed by atoms with Gasteiger partial charge < -0.3 is 9.84 Å². The lowest BCUT2D eigenvalue weighted by molar-refractivity contribution is 0.167. The molecule has 100 valence electrons. The van der Waals surface area contributed by atoms with E-state index in [0.29, 0.717) is 12.6 Å². The Morgan fingerprint density at radius 3 is 2.83 bits per heavy atom. The second kappa shape index (κ2) is 6.76. The Bertz CT molecular complexity index is 350. The number of aliphatic hydroxyl groups excluding tert-OH is 1. The highest BCUT2D eigenvalue weighted by atomic mass is 16.5. The van der Waals surface area contributed by atoms with Gasteiger partial charge in [-0.05, 0) is 44.9 Å². The molecule has 1 heterocycles. The molecule has 0 spiro atoms. The highest BCUT2D eigenvalue weighted by Crippen LogP contribution is 2.19. The third-order valence-electron chi connectivity index (χ3n) is 3.63. The van der Waals surface area contributed by atoms with Crippen LogP contribution in [-0.2, 0) is 0 Å². The molecule has 1 unspecified atom stereocenters. The number of aliphatic hydroxyl groups is 1. The molecule has 1 aromatic rings. The Labute approximate surface area is 109 Å². The maximum Gasteiger partial charge on any atom is 0.119 e. The minimum atomic E-state index is 0.292. The van der Waals surface area contributed by atoms with E-state index in [4.69, 9.17) is 9.84 Å². The molecule has 0 aromatic heterocycles. The Morgan fingerprint density at radius 2 is 2.11 bits per heavy atom. The third-order valence-corrected chi connectivity index (χ3v) is 3.63. The van der Waals surface area contributed by atoms with Crippen molar-refractivity contribution >= 4 is 0 Å². The fourth-order valence-corrected chi connectivity index (χ4v) is 2.58. The molecule has 18 heavy (non-hydrogen) atoms. The van der Waals surface area contributed by atoms with Crippen molar-refractivity contribution in [1.29, 1.82) is 0 Å². The first-order valence-corrected chi connectivity index (χ1v) is 6.84. The lowest BCUT2D eigenvalue weighted by atomic mass is 10.1. The zero-order chi connectivity index (χ0) is 12.8. The minimum Gasteiger partial charge on any atom is -0.492 e. The van der Waals surface area contributed by atoms with Gasteiger partial charge in [-0.2, -0.15) is 0 Å². The molecule has 1 aromatic carbocycles. The summed E-state index contributed by atoms with van der Waals surface area (Å²) >= 11 is 0. The number of rotatable bonds is 6. The number of hydrogen-bond donors (Lipinski definition) is 1. The van der Waals surface area contributed by atoms with Crippen LogP contribution in [0.1, 0.15) is 24.8 Å². The van der Waals surface area contributed by atoms with Gasteiger partial charge in [0, 0.05) is 19.2 Å². The first-order chi connectivity index (χ1) is 8.79. The predicted octanol–water partition coefficient (Wildman–Crippen LogP) is 2.22. The van der Waals surface area contributed by atoms with E-state index in [2.05, 4.69) is 24.0 Å². The molecule has 1 aliphatic rings. The first kappa shape index (κ1) is 13.4. The van der Waals surface area contributed by atoms with Crippen LogP contribution in [0.15, 0.2) is 24.3 Å². The van der Waals surface area contributed by atoms with Crippen LogP contribution in [0.4, 0.5) is 0 Å². The Kier molecular flexibility index (Phi) is 5.02. The Morgan fingerprint density at radius 1 is 1.33 bits per heavy atom. The summed E-state index contributed by atoms with van der Waals surface area (Å²) in [5, 5.41) is 9.02. The van der Waals surface area contributed by atoms with E-state index < -0.39 is 0 Å². The van der Waals surface area contributed by atoms with Crippen molar-refractivity contribution in [2.45, 2.75) is 32.2 Å². The van der Waals surface area contributed by atoms with Crippen molar-refractivity contribution in [2.24, 2.45) is 0 Å². The maximum absolute atomic E-state index is 9.02. The summed E-state index contributed by atoms with van der Waals surface area (Å²) in [5.74, 6) is 0.943. The van der Waals surface area contributed by atoms with Gasteiger partial charge in [0.25, 0.3) is 0 Å². The van der Waals surface area contributed by atoms with Crippen LogP contribution in [0.3, 0.4) is 0 Å². The molecule has 3 nitrogen and oxygen atoms in total. The van der Waals surface area contributed by atoms with Crippen molar-refractivity contribution in [2.75, 3.05) is 26.3 Å². The van der Waals surface area contributed by atoms with E-state index >= 15 is 0 Å². The third kappa shape index (κ3) is 3.72. The average Bonchev–Trinajstić information content (AvgIpc) is 2.80. The van der Waals surface area contributed by atoms with Crippen LogP contribution in [0.2, 0.25) is 0 Å². The predicted molar refractivity (Wildman–Crippen MR) is 73.0 cm³/mol. The zero-order valence-electron chi connectivity index (χ0n) is 11.1. The number of aryl methyl sites for hydroxylation is 1. The van der Waals surface area contributed by atoms with Crippen LogP contribution in [0, 0.1) is 6.92 Å². The number of likely N-dealkylation sites (tertiary alicyclic amines) is 1. The van der Waals surface area contributed by atoms with Gasteiger partial charge >= 0.3 is 0 Å². The Balaban J connectivity index is 1.73. The molecule has 1 aliphatic heterocycles. The minimum absolute atomic E-state index is 0.292. The summed E-state index contributed by atoms with van der Waals surface area (Å²) < 4.78 is 5.75. The summed E-state index contributed by atoms with van der Waals surface area (Å²) in [6.45, 7) is 5.19. The van der Waals surface area contributed by atoms with Gasteiger partial charge in [-0.25, -0.2) is 0 Å². The molecule has 3 heteroatoms. The van der Waals surface area contributed by atoms with Crippen molar-refractivity contribution < 1.29 is 9.84 Å².